The van der Waals surface area contributed by atoms with Crippen LogP contribution in [0.1, 0.15) is 48.9 Å². The van der Waals surface area contributed by atoms with Crippen LogP contribution in [0.3, 0.4) is 0 Å². The Kier molecular flexibility index (Phi) is 5.14. The molecule has 1 unspecified atom stereocenters. The van der Waals surface area contributed by atoms with E-state index in [1.165, 1.54) is 12.1 Å². The molecule has 0 aliphatic carbocycles. The number of piperidine rings is 1. The summed E-state index contributed by atoms with van der Waals surface area (Å²) in [6.45, 7) is 1.20. The Morgan fingerprint density at radius 3 is 2.79 bits per heavy atom. The molecule has 1 aromatic carbocycles. The van der Waals surface area contributed by atoms with Crippen LogP contribution in [-0.4, -0.2) is 47.6 Å². The summed E-state index contributed by atoms with van der Waals surface area (Å²) in [4.78, 5) is 28.0. The van der Waals surface area contributed by atoms with Gasteiger partial charge >= 0.3 is 0 Å². The van der Waals surface area contributed by atoms with Crippen LogP contribution in [0.5, 0.6) is 0 Å². The van der Waals surface area contributed by atoms with Gasteiger partial charge in [-0.05, 0) is 50.3 Å². The first-order valence-electron chi connectivity index (χ1n) is 8.63. The van der Waals surface area contributed by atoms with E-state index in [9.17, 15) is 19.1 Å². The first kappa shape index (κ1) is 16.9. The Bertz CT molecular complexity index is 633. The monoisotopic (exact) mass is 334 g/mol. The van der Waals surface area contributed by atoms with E-state index in [0.717, 1.165) is 25.7 Å². The molecule has 0 saturated carbocycles. The summed E-state index contributed by atoms with van der Waals surface area (Å²) in [5, 5.41) is 9.20. The molecule has 2 aliphatic heterocycles. The highest BCUT2D eigenvalue weighted by Gasteiger charge is 2.30. The molecular formula is C18H23FN2O3. The lowest BCUT2D eigenvalue weighted by Crippen LogP contribution is -2.44. The molecule has 2 amide bonds. The van der Waals surface area contributed by atoms with Crippen molar-refractivity contribution in [1.82, 2.24) is 4.90 Å². The van der Waals surface area contributed by atoms with Crippen molar-refractivity contribution in [2.24, 2.45) is 0 Å². The average Bonchev–Trinajstić information content (AvgIpc) is 3.02. The third-order valence-corrected chi connectivity index (χ3v) is 4.92. The van der Waals surface area contributed by atoms with Crippen LogP contribution in [0.15, 0.2) is 18.2 Å². The summed E-state index contributed by atoms with van der Waals surface area (Å²) >= 11 is 0. The zero-order valence-electron chi connectivity index (χ0n) is 13.7. The van der Waals surface area contributed by atoms with Crippen molar-refractivity contribution in [3.05, 3.63) is 29.6 Å². The van der Waals surface area contributed by atoms with E-state index in [4.69, 9.17) is 0 Å². The Labute approximate surface area is 141 Å². The minimum atomic E-state index is -0.566. The molecule has 2 saturated heterocycles. The van der Waals surface area contributed by atoms with Crippen LogP contribution in [0.2, 0.25) is 0 Å². The number of anilines is 1. The van der Waals surface area contributed by atoms with Gasteiger partial charge in [0.1, 0.15) is 5.82 Å². The van der Waals surface area contributed by atoms with Gasteiger partial charge in [0, 0.05) is 37.8 Å². The molecule has 0 bridgehead atoms. The summed E-state index contributed by atoms with van der Waals surface area (Å²) < 4.78 is 14.3. The fourth-order valence-electron chi connectivity index (χ4n) is 3.64. The number of amides is 2. The largest absolute Gasteiger partial charge is 0.396 e. The van der Waals surface area contributed by atoms with E-state index in [1.807, 2.05) is 0 Å². The SMILES string of the molecule is O=C1CCCN1c1ccc(F)c(C(=O)N2CCCCC2CCO)c1. The molecular weight excluding hydrogens is 311 g/mol. The second kappa shape index (κ2) is 7.30. The highest BCUT2D eigenvalue weighted by molar-refractivity contribution is 5.99. The average molecular weight is 334 g/mol. The number of nitrogens with zero attached hydrogens (tertiary/aromatic N) is 2. The van der Waals surface area contributed by atoms with Crippen molar-refractivity contribution in [2.45, 2.75) is 44.6 Å². The lowest BCUT2D eigenvalue weighted by atomic mass is 9.98. The number of carbonyl (C=O) groups is 2. The van der Waals surface area contributed by atoms with Crippen LogP contribution < -0.4 is 4.90 Å². The van der Waals surface area contributed by atoms with Gasteiger partial charge < -0.3 is 14.9 Å². The number of aliphatic hydroxyl groups is 1. The van der Waals surface area contributed by atoms with E-state index < -0.39 is 5.82 Å². The molecule has 1 atom stereocenters. The Morgan fingerprint density at radius 1 is 1.25 bits per heavy atom. The molecule has 2 fully saturated rings. The maximum absolute atomic E-state index is 14.3. The first-order chi connectivity index (χ1) is 11.6. The molecule has 130 valence electrons. The number of aliphatic hydroxyl groups excluding tert-OH is 1. The standard InChI is InChI=1S/C18H23FN2O3/c19-16-7-6-14(20-10-3-5-17(20)23)12-15(16)18(24)21-9-2-1-4-13(21)8-11-22/h6-7,12-13,22H,1-5,8-11H2. The zero-order valence-corrected chi connectivity index (χ0v) is 13.7. The van der Waals surface area contributed by atoms with Crippen molar-refractivity contribution < 1.29 is 19.1 Å². The molecule has 24 heavy (non-hydrogen) atoms. The predicted molar refractivity (Wildman–Crippen MR) is 88.4 cm³/mol. The molecule has 0 aromatic heterocycles. The van der Waals surface area contributed by atoms with E-state index in [-0.39, 0.29) is 30.0 Å². The smallest absolute Gasteiger partial charge is 0.257 e. The second-order valence-corrected chi connectivity index (χ2v) is 6.47. The van der Waals surface area contributed by atoms with Gasteiger partial charge in [0.05, 0.1) is 5.56 Å². The van der Waals surface area contributed by atoms with Gasteiger partial charge in [0.15, 0.2) is 0 Å². The summed E-state index contributed by atoms with van der Waals surface area (Å²) in [5.74, 6) is -0.904. The molecule has 1 N–H and O–H groups in total. The summed E-state index contributed by atoms with van der Waals surface area (Å²) in [6, 6.07) is 4.26. The zero-order chi connectivity index (χ0) is 17.1. The van der Waals surface area contributed by atoms with Crippen LogP contribution in [-0.2, 0) is 4.79 Å². The van der Waals surface area contributed by atoms with E-state index in [0.29, 0.717) is 31.6 Å². The number of likely N-dealkylation sites (tertiary alicyclic amines) is 1. The van der Waals surface area contributed by atoms with Crippen molar-refractivity contribution in [3.63, 3.8) is 0 Å². The van der Waals surface area contributed by atoms with Crippen molar-refractivity contribution >= 4 is 17.5 Å². The lowest BCUT2D eigenvalue weighted by Gasteiger charge is -2.35. The second-order valence-electron chi connectivity index (χ2n) is 6.47. The third-order valence-electron chi connectivity index (χ3n) is 4.92. The van der Waals surface area contributed by atoms with Crippen LogP contribution >= 0.6 is 0 Å². The van der Waals surface area contributed by atoms with Gasteiger partial charge in [0.25, 0.3) is 5.91 Å². The molecule has 0 spiro atoms. The number of benzene rings is 1. The fraction of sp³-hybridized carbons (Fsp3) is 0.556. The molecule has 6 heteroatoms. The van der Waals surface area contributed by atoms with Gasteiger partial charge in [-0.2, -0.15) is 0 Å². The molecule has 2 aliphatic rings. The topological polar surface area (TPSA) is 60.9 Å². The van der Waals surface area contributed by atoms with Crippen molar-refractivity contribution in [3.8, 4) is 0 Å². The molecule has 2 heterocycles. The quantitative estimate of drug-likeness (QED) is 0.919. The molecule has 3 rings (SSSR count). The number of rotatable bonds is 4. The van der Waals surface area contributed by atoms with Gasteiger partial charge in [-0.25, -0.2) is 4.39 Å². The molecule has 1 aromatic rings. The van der Waals surface area contributed by atoms with Gasteiger partial charge in [-0.1, -0.05) is 0 Å². The Balaban J connectivity index is 1.87. The van der Waals surface area contributed by atoms with E-state index >= 15 is 0 Å². The summed E-state index contributed by atoms with van der Waals surface area (Å²) in [7, 11) is 0. The minimum absolute atomic E-state index is 0.0103. The highest BCUT2D eigenvalue weighted by atomic mass is 19.1. The first-order valence-corrected chi connectivity index (χ1v) is 8.63. The summed E-state index contributed by atoms with van der Waals surface area (Å²) in [6.07, 6.45) is 4.52. The summed E-state index contributed by atoms with van der Waals surface area (Å²) in [5.41, 5.74) is 0.593. The van der Waals surface area contributed by atoms with E-state index in [1.54, 1.807) is 15.9 Å². The maximum Gasteiger partial charge on any atom is 0.257 e. The normalized spacial score (nSPS) is 21.4. The Morgan fingerprint density at radius 2 is 2.08 bits per heavy atom. The maximum atomic E-state index is 14.3. The number of halogens is 1. The minimum Gasteiger partial charge on any atom is -0.396 e. The van der Waals surface area contributed by atoms with Crippen molar-refractivity contribution in [1.29, 1.82) is 0 Å². The van der Waals surface area contributed by atoms with Crippen LogP contribution in [0.4, 0.5) is 10.1 Å². The number of hydrogen-bond acceptors (Lipinski definition) is 3. The highest BCUT2D eigenvalue weighted by Crippen LogP contribution is 2.27. The van der Waals surface area contributed by atoms with Gasteiger partial charge in [0.2, 0.25) is 5.91 Å². The fourth-order valence-corrected chi connectivity index (χ4v) is 3.64. The van der Waals surface area contributed by atoms with Gasteiger partial charge in [-0.3, -0.25) is 9.59 Å². The lowest BCUT2D eigenvalue weighted by molar-refractivity contribution is -0.117. The van der Waals surface area contributed by atoms with Crippen molar-refractivity contribution in [2.75, 3.05) is 24.6 Å². The van der Waals surface area contributed by atoms with Crippen LogP contribution in [0, 0.1) is 5.82 Å². The van der Waals surface area contributed by atoms with Gasteiger partial charge in [-0.15, -0.1) is 0 Å². The third kappa shape index (κ3) is 3.29. The Hall–Kier alpha value is -1.95. The number of hydrogen-bond donors (Lipinski definition) is 1. The molecule has 5 nitrogen and oxygen atoms in total. The van der Waals surface area contributed by atoms with E-state index in [2.05, 4.69) is 0 Å². The molecule has 0 radical (unpaired) electrons. The number of carbonyl (C=O) groups excluding carboxylic acids is 2. The predicted octanol–water partition coefficient (Wildman–Crippen LogP) is 2.33. The van der Waals surface area contributed by atoms with Crippen LogP contribution in [0.25, 0.3) is 0 Å².